The maximum absolute atomic E-state index is 5.53. The maximum Gasteiger partial charge on any atom is 0.147 e. The molecule has 5 heteroatoms. The van der Waals surface area contributed by atoms with Crippen molar-refractivity contribution in [2.24, 2.45) is 0 Å². The molecule has 7 aromatic carbocycles. The van der Waals surface area contributed by atoms with Crippen LogP contribution >= 0.6 is 0 Å². The van der Waals surface area contributed by atoms with E-state index in [4.69, 9.17) is 9.97 Å². The minimum Gasteiger partial charge on any atom is -0.354 e. The van der Waals surface area contributed by atoms with Crippen molar-refractivity contribution in [2.75, 3.05) is 0 Å². The summed E-state index contributed by atoms with van der Waals surface area (Å²) in [6.45, 7) is 0. The number of fused-ring (bicyclic) bond motifs is 7. The van der Waals surface area contributed by atoms with Gasteiger partial charge in [-0.25, -0.2) is 9.97 Å². The van der Waals surface area contributed by atoms with Gasteiger partial charge in [0.2, 0.25) is 0 Å². The van der Waals surface area contributed by atoms with Crippen LogP contribution in [0.4, 0.5) is 0 Å². The average molecular weight is 678 g/mol. The SMILES string of the molecule is c1ccc(-c2ccc3c4ccc(-c5cccc6c5nc(-c5cccc7c5[nH]c5ccccc57)n6-c5ccccc5)cc4n(-c4ccccn4)c3c2)cc1. The predicted octanol–water partition coefficient (Wildman–Crippen LogP) is 12.2. The molecule has 4 aromatic heterocycles. The van der Waals surface area contributed by atoms with Crippen LogP contribution < -0.4 is 0 Å². The predicted molar refractivity (Wildman–Crippen MR) is 219 cm³/mol. The van der Waals surface area contributed by atoms with Gasteiger partial charge < -0.3 is 4.98 Å². The first-order valence-electron chi connectivity index (χ1n) is 17.9. The molecule has 0 bridgehead atoms. The molecule has 0 aliphatic carbocycles. The van der Waals surface area contributed by atoms with E-state index in [1.165, 1.54) is 32.7 Å². The minimum atomic E-state index is 0.884. The van der Waals surface area contributed by atoms with Gasteiger partial charge in [-0.15, -0.1) is 0 Å². The molecular formula is C48H31N5. The molecule has 0 aliphatic rings. The minimum absolute atomic E-state index is 0.884. The highest BCUT2D eigenvalue weighted by Gasteiger charge is 2.21. The first kappa shape index (κ1) is 29.5. The number of nitrogens with zero attached hydrogens (tertiary/aromatic N) is 4. The summed E-state index contributed by atoms with van der Waals surface area (Å²) >= 11 is 0. The van der Waals surface area contributed by atoms with Crippen molar-refractivity contribution in [1.29, 1.82) is 0 Å². The molecule has 0 saturated carbocycles. The first-order valence-corrected chi connectivity index (χ1v) is 17.9. The van der Waals surface area contributed by atoms with Crippen molar-refractivity contribution in [3.05, 3.63) is 182 Å². The first-order chi connectivity index (χ1) is 26.3. The molecule has 0 atom stereocenters. The number of pyridine rings is 1. The molecule has 0 fully saturated rings. The van der Waals surface area contributed by atoms with Crippen LogP contribution in [-0.2, 0) is 0 Å². The quantitative estimate of drug-likeness (QED) is 0.197. The topological polar surface area (TPSA) is 51.4 Å². The summed E-state index contributed by atoms with van der Waals surface area (Å²) in [5, 5.41) is 4.77. The number of rotatable bonds is 5. The van der Waals surface area contributed by atoms with E-state index in [0.29, 0.717) is 0 Å². The highest BCUT2D eigenvalue weighted by Crippen LogP contribution is 2.41. The van der Waals surface area contributed by atoms with Crippen LogP contribution in [0.1, 0.15) is 0 Å². The fourth-order valence-corrected chi connectivity index (χ4v) is 8.14. The number of nitrogens with one attached hydrogen (secondary N) is 1. The Balaban J connectivity index is 1.17. The van der Waals surface area contributed by atoms with E-state index in [1.807, 2.05) is 12.3 Å². The standard InChI is InChI=1S/C48H31N5/c1-3-13-31(14-4-1)32-24-26-37-38-27-25-33(30-44(38)53(43(37)29-32)45-23-9-10-28-49-45)35-18-12-22-42-47(35)51-48(52(42)34-15-5-2-6-16-34)40-20-11-19-39-36-17-7-8-21-41(36)50-46(39)40/h1-30,50H. The molecule has 1 N–H and O–H groups in total. The third-order valence-corrected chi connectivity index (χ3v) is 10.5. The normalized spacial score (nSPS) is 11.8. The number of benzene rings is 7. The molecule has 0 radical (unpaired) electrons. The van der Waals surface area contributed by atoms with Crippen molar-refractivity contribution in [1.82, 2.24) is 24.1 Å². The van der Waals surface area contributed by atoms with Gasteiger partial charge in [0.05, 0.1) is 27.6 Å². The zero-order valence-electron chi connectivity index (χ0n) is 28.6. The van der Waals surface area contributed by atoms with Crippen molar-refractivity contribution < 1.29 is 0 Å². The molecule has 5 nitrogen and oxygen atoms in total. The van der Waals surface area contributed by atoms with Crippen molar-refractivity contribution in [2.45, 2.75) is 0 Å². The van der Waals surface area contributed by atoms with E-state index in [1.54, 1.807) is 0 Å². The van der Waals surface area contributed by atoms with Crippen LogP contribution in [0.25, 0.3) is 99.8 Å². The van der Waals surface area contributed by atoms with Crippen LogP contribution in [0, 0.1) is 0 Å². The van der Waals surface area contributed by atoms with Gasteiger partial charge >= 0.3 is 0 Å². The second kappa shape index (κ2) is 11.7. The maximum atomic E-state index is 5.53. The summed E-state index contributed by atoms with van der Waals surface area (Å²) < 4.78 is 4.60. The summed E-state index contributed by atoms with van der Waals surface area (Å²) in [6, 6.07) is 62.3. The molecule has 0 unspecified atom stereocenters. The van der Waals surface area contributed by atoms with E-state index >= 15 is 0 Å². The number of H-pyrrole nitrogens is 1. The Bertz CT molecular complexity index is 3150. The molecule has 11 aromatic rings. The van der Waals surface area contributed by atoms with Gasteiger partial charge in [-0.05, 0) is 71.3 Å². The number of para-hydroxylation sites is 4. The van der Waals surface area contributed by atoms with Gasteiger partial charge in [-0.3, -0.25) is 9.13 Å². The van der Waals surface area contributed by atoms with Gasteiger partial charge in [0, 0.05) is 50.1 Å². The number of aromatic amines is 1. The lowest BCUT2D eigenvalue weighted by atomic mass is 10.0. The van der Waals surface area contributed by atoms with Gasteiger partial charge in [0.25, 0.3) is 0 Å². The fraction of sp³-hybridized carbons (Fsp3) is 0. The zero-order valence-corrected chi connectivity index (χ0v) is 28.6. The highest BCUT2D eigenvalue weighted by atomic mass is 15.1. The molecule has 11 rings (SSSR count). The second-order valence-electron chi connectivity index (χ2n) is 13.5. The third-order valence-electron chi connectivity index (χ3n) is 10.5. The van der Waals surface area contributed by atoms with Crippen molar-refractivity contribution in [3.8, 4) is 45.1 Å². The fourth-order valence-electron chi connectivity index (χ4n) is 8.14. The molecular weight excluding hydrogens is 647 g/mol. The number of aromatic nitrogens is 5. The van der Waals surface area contributed by atoms with Crippen LogP contribution in [-0.4, -0.2) is 24.1 Å². The summed E-state index contributed by atoms with van der Waals surface area (Å²) in [6.07, 6.45) is 1.87. The lowest BCUT2D eigenvalue weighted by Gasteiger charge is -2.11. The van der Waals surface area contributed by atoms with Crippen molar-refractivity contribution in [3.63, 3.8) is 0 Å². The Kier molecular flexibility index (Phi) is 6.48. The van der Waals surface area contributed by atoms with Crippen LogP contribution in [0.2, 0.25) is 0 Å². The summed E-state index contributed by atoms with van der Waals surface area (Å²) in [5.41, 5.74) is 13.1. The van der Waals surface area contributed by atoms with Gasteiger partial charge in [0.1, 0.15) is 11.6 Å². The van der Waals surface area contributed by atoms with E-state index in [2.05, 4.69) is 184 Å². The van der Waals surface area contributed by atoms with Gasteiger partial charge in [0.15, 0.2) is 0 Å². The average Bonchev–Trinajstić information content (AvgIpc) is 3.91. The van der Waals surface area contributed by atoms with Crippen LogP contribution in [0.3, 0.4) is 0 Å². The molecule has 248 valence electrons. The van der Waals surface area contributed by atoms with Crippen LogP contribution in [0.5, 0.6) is 0 Å². The molecule has 0 amide bonds. The van der Waals surface area contributed by atoms with E-state index in [-0.39, 0.29) is 0 Å². The Morgan fingerprint density at radius 1 is 0.434 bits per heavy atom. The van der Waals surface area contributed by atoms with E-state index in [0.717, 1.165) is 67.1 Å². The Hall–Kier alpha value is -7.24. The number of hydrogen-bond donors (Lipinski definition) is 1. The Labute approximate surface area is 305 Å². The zero-order chi connectivity index (χ0) is 34.9. The highest BCUT2D eigenvalue weighted by molar-refractivity contribution is 6.13. The Morgan fingerprint density at radius 2 is 1.11 bits per heavy atom. The monoisotopic (exact) mass is 677 g/mol. The van der Waals surface area contributed by atoms with Gasteiger partial charge in [-0.1, -0.05) is 121 Å². The molecule has 0 aliphatic heterocycles. The molecule has 0 saturated heterocycles. The van der Waals surface area contributed by atoms with E-state index in [9.17, 15) is 0 Å². The largest absolute Gasteiger partial charge is 0.354 e. The van der Waals surface area contributed by atoms with E-state index < -0.39 is 0 Å². The molecule has 4 heterocycles. The summed E-state index contributed by atoms with van der Waals surface area (Å²) in [4.78, 5) is 14.1. The smallest absolute Gasteiger partial charge is 0.147 e. The number of imidazole rings is 1. The van der Waals surface area contributed by atoms with Gasteiger partial charge in [-0.2, -0.15) is 0 Å². The van der Waals surface area contributed by atoms with Crippen molar-refractivity contribution >= 4 is 54.6 Å². The third kappa shape index (κ3) is 4.57. The Morgan fingerprint density at radius 3 is 1.92 bits per heavy atom. The lowest BCUT2D eigenvalue weighted by Crippen LogP contribution is -1.97. The second-order valence-corrected chi connectivity index (χ2v) is 13.5. The molecule has 0 spiro atoms. The summed E-state index contributed by atoms with van der Waals surface area (Å²) in [7, 11) is 0. The van der Waals surface area contributed by atoms with Crippen LogP contribution in [0.15, 0.2) is 182 Å². The summed E-state index contributed by atoms with van der Waals surface area (Å²) in [5.74, 6) is 1.78. The number of hydrogen-bond acceptors (Lipinski definition) is 2. The molecule has 53 heavy (non-hydrogen) atoms. The lowest BCUT2D eigenvalue weighted by molar-refractivity contribution is 1.08.